The van der Waals surface area contributed by atoms with E-state index in [0.717, 1.165) is 15.7 Å². The third kappa shape index (κ3) is 6.04. The Morgan fingerprint density at radius 1 is 1.15 bits per heavy atom. The lowest BCUT2D eigenvalue weighted by atomic mass is 10.0. The monoisotopic (exact) mass is 375 g/mol. The van der Waals surface area contributed by atoms with Crippen LogP contribution in [-0.4, -0.2) is 34.4 Å². The summed E-state index contributed by atoms with van der Waals surface area (Å²) in [6.07, 6.45) is 0.0465. The van der Waals surface area contributed by atoms with Crippen molar-refractivity contribution in [1.82, 2.24) is 0 Å². The Morgan fingerprint density at radius 3 is 2.42 bits per heavy atom. The minimum atomic E-state index is -1.12. The Labute approximate surface area is 157 Å². The number of carboxylic acid groups (broad SMARTS) is 1. The van der Waals surface area contributed by atoms with E-state index in [1.807, 2.05) is 36.4 Å². The summed E-state index contributed by atoms with van der Waals surface area (Å²) in [6, 6.07) is 13.0. The van der Waals surface area contributed by atoms with E-state index in [4.69, 9.17) is 15.6 Å². The Balaban J connectivity index is 2.11. The van der Waals surface area contributed by atoms with E-state index in [1.165, 1.54) is 11.8 Å². The lowest BCUT2D eigenvalue weighted by molar-refractivity contribution is -0.159. The van der Waals surface area contributed by atoms with Gasteiger partial charge in [0.05, 0.1) is 5.92 Å². The normalized spacial score (nSPS) is 14.0. The average Bonchev–Trinajstić information content (AvgIpc) is 2.56. The van der Waals surface area contributed by atoms with E-state index >= 15 is 0 Å². The molecule has 1 unspecified atom stereocenters. The molecule has 3 N–H and O–H groups in total. The number of rotatable bonds is 7. The minimum Gasteiger partial charge on any atom is -0.480 e. The molecule has 0 radical (unpaired) electrons. The fraction of sp³-hybridized carbons (Fsp3) is 0.400. The van der Waals surface area contributed by atoms with E-state index in [1.54, 1.807) is 20.8 Å². The third-order valence-electron chi connectivity index (χ3n) is 3.77. The summed E-state index contributed by atoms with van der Waals surface area (Å²) in [5.74, 6) is -1.71. The molecular formula is C20H25NO4S. The number of fused-ring (bicyclic) bond motifs is 1. The molecule has 0 bridgehead atoms. The highest BCUT2D eigenvalue weighted by Crippen LogP contribution is 2.27. The Bertz CT molecular complexity index is 785. The van der Waals surface area contributed by atoms with Gasteiger partial charge in [-0.25, -0.2) is 0 Å². The second kappa shape index (κ2) is 8.56. The summed E-state index contributed by atoms with van der Waals surface area (Å²) in [5.41, 5.74) is 5.02. The summed E-state index contributed by atoms with van der Waals surface area (Å²) in [5, 5.41) is 11.3. The van der Waals surface area contributed by atoms with Gasteiger partial charge in [-0.2, -0.15) is 0 Å². The van der Waals surface area contributed by atoms with Gasteiger partial charge in [0.15, 0.2) is 0 Å². The summed E-state index contributed by atoms with van der Waals surface area (Å²) in [4.78, 5) is 24.6. The van der Waals surface area contributed by atoms with Crippen LogP contribution in [0.5, 0.6) is 0 Å². The second-order valence-electron chi connectivity index (χ2n) is 7.23. The maximum absolute atomic E-state index is 12.5. The number of carbonyl (C=O) groups is 2. The number of hydrogen-bond acceptors (Lipinski definition) is 5. The van der Waals surface area contributed by atoms with E-state index in [2.05, 4.69) is 6.07 Å². The molecule has 26 heavy (non-hydrogen) atoms. The van der Waals surface area contributed by atoms with Gasteiger partial charge in [-0.1, -0.05) is 30.3 Å². The van der Waals surface area contributed by atoms with Crippen LogP contribution in [0.1, 0.15) is 27.2 Å². The summed E-state index contributed by atoms with van der Waals surface area (Å²) >= 11 is 1.50. The third-order valence-corrected chi connectivity index (χ3v) is 4.92. The van der Waals surface area contributed by atoms with E-state index in [0.29, 0.717) is 5.75 Å². The minimum absolute atomic E-state index is 0.0465. The Morgan fingerprint density at radius 2 is 1.81 bits per heavy atom. The molecule has 0 aliphatic rings. The number of nitrogens with two attached hydrogens (primary N) is 1. The Kier molecular flexibility index (Phi) is 6.67. The van der Waals surface area contributed by atoms with Crippen LogP contribution in [0, 0.1) is 5.92 Å². The van der Waals surface area contributed by atoms with E-state index in [9.17, 15) is 9.59 Å². The van der Waals surface area contributed by atoms with Crippen LogP contribution in [0.4, 0.5) is 0 Å². The van der Waals surface area contributed by atoms with Gasteiger partial charge in [0, 0.05) is 10.6 Å². The van der Waals surface area contributed by atoms with Crippen LogP contribution in [0.2, 0.25) is 0 Å². The summed E-state index contributed by atoms with van der Waals surface area (Å²) < 4.78 is 5.44. The number of thioether (sulfide) groups is 1. The van der Waals surface area contributed by atoms with Crippen molar-refractivity contribution >= 4 is 34.5 Å². The van der Waals surface area contributed by atoms with Crippen molar-refractivity contribution in [3.05, 3.63) is 42.5 Å². The van der Waals surface area contributed by atoms with Gasteiger partial charge in [-0.05, 0) is 50.1 Å². The molecule has 5 nitrogen and oxygen atoms in total. The quantitative estimate of drug-likeness (QED) is 0.567. The predicted octanol–water partition coefficient (Wildman–Crippen LogP) is 3.69. The molecule has 2 rings (SSSR count). The molecule has 0 saturated heterocycles. The fourth-order valence-electron chi connectivity index (χ4n) is 2.48. The molecule has 140 valence electrons. The number of esters is 1. The van der Waals surface area contributed by atoms with Crippen LogP contribution in [-0.2, 0) is 14.3 Å². The number of carbonyl (C=O) groups excluding carboxylic acids is 1. The zero-order valence-corrected chi connectivity index (χ0v) is 16.1. The molecule has 2 aromatic rings. The lowest BCUT2D eigenvalue weighted by Crippen LogP contribution is -2.37. The van der Waals surface area contributed by atoms with Gasteiger partial charge in [-0.3, -0.25) is 9.59 Å². The van der Waals surface area contributed by atoms with Crippen molar-refractivity contribution in [2.24, 2.45) is 11.7 Å². The van der Waals surface area contributed by atoms with Gasteiger partial charge < -0.3 is 15.6 Å². The van der Waals surface area contributed by atoms with Gasteiger partial charge in [0.2, 0.25) is 0 Å². The van der Waals surface area contributed by atoms with Crippen molar-refractivity contribution in [3.8, 4) is 0 Å². The second-order valence-corrected chi connectivity index (χ2v) is 8.32. The smallest absolute Gasteiger partial charge is 0.320 e. The standard InChI is InChI=1S/C20H25NO4S/c1-20(2,3)25-19(24)15(11-17(21)18(22)23)12-26-16-9-8-13-6-4-5-7-14(13)10-16/h4-10,15,17H,11-12,21H2,1-3H3,(H,22,23)/t15-,17?/m1/s1. The summed E-state index contributed by atoms with van der Waals surface area (Å²) in [6.45, 7) is 5.36. The van der Waals surface area contributed by atoms with Crippen LogP contribution in [0.25, 0.3) is 10.8 Å². The number of ether oxygens (including phenoxy) is 1. The van der Waals surface area contributed by atoms with Gasteiger partial charge >= 0.3 is 11.9 Å². The van der Waals surface area contributed by atoms with Crippen molar-refractivity contribution in [3.63, 3.8) is 0 Å². The highest BCUT2D eigenvalue weighted by Gasteiger charge is 2.29. The van der Waals surface area contributed by atoms with Crippen molar-refractivity contribution < 1.29 is 19.4 Å². The molecule has 0 aromatic heterocycles. The fourth-order valence-corrected chi connectivity index (χ4v) is 3.52. The largest absolute Gasteiger partial charge is 0.480 e. The van der Waals surface area contributed by atoms with E-state index in [-0.39, 0.29) is 6.42 Å². The first kappa shape index (κ1) is 20.3. The van der Waals surface area contributed by atoms with Crippen LogP contribution in [0.3, 0.4) is 0 Å². The van der Waals surface area contributed by atoms with Crippen LogP contribution in [0.15, 0.2) is 47.4 Å². The molecule has 0 aliphatic heterocycles. The number of aliphatic carboxylic acids is 1. The topological polar surface area (TPSA) is 89.6 Å². The molecular weight excluding hydrogens is 350 g/mol. The maximum atomic E-state index is 12.5. The SMILES string of the molecule is CC(C)(C)OC(=O)[C@@H](CSc1ccc2ccccc2c1)CC(N)C(=O)O. The van der Waals surface area contributed by atoms with Crippen molar-refractivity contribution in [2.75, 3.05) is 5.75 Å². The number of benzene rings is 2. The number of carboxylic acids is 1. The first-order valence-electron chi connectivity index (χ1n) is 8.48. The van der Waals surface area contributed by atoms with Crippen molar-refractivity contribution in [2.45, 2.75) is 43.7 Å². The molecule has 0 aliphatic carbocycles. The first-order chi connectivity index (χ1) is 12.2. The molecule has 0 amide bonds. The van der Waals surface area contributed by atoms with Gasteiger partial charge in [-0.15, -0.1) is 11.8 Å². The lowest BCUT2D eigenvalue weighted by Gasteiger charge is -2.24. The molecule has 6 heteroatoms. The van der Waals surface area contributed by atoms with Crippen LogP contribution < -0.4 is 5.73 Å². The maximum Gasteiger partial charge on any atom is 0.320 e. The average molecular weight is 375 g/mol. The van der Waals surface area contributed by atoms with Gasteiger partial charge in [0.1, 0.15) is 11.6 Å². The highest BCUT2D eigenvalue weighted by molar-refractivity contribution is 7.99. The highest BCUT2D eigenvalue weighted by atomic mass is 32.2. The summed E-state index contributed by atoms with van der Waals surface area (Å²) in [7, 11) is 0. The zero-order valence-electron chi connectivity index (χ0n) is 15.3. The number of hydrogen-bond donors (Lipinski definition) is 2. The molecule has 2 aromatic carbocycles. The zero-order chi connectivity index (χ0) is 19.3. The predicted molar refractivity (Wildman–Crippen MR) is 104 cm³/mol. The molecule has 0 fully saturated rings. The van der Waals surface area contributed by atoms with Crippen LogP contribution >= 0.6 is 11.8 Å². The van der Waals surface area contributed by atoms with E-state index < -0.39 is 29.5 Å². The molecule has 2 atom stereocenters. The first-order valence-corrected chi connectivity index (χ1v) is 9.47. The van der Waals surface area contributed by atoms with Crippen molar-refractivity contribution in [1.29, 1.82) is 0 Å². The Hall–Kier alpha value is -2.05. The molecule has 0 spiro atoms. The molecule has 0 heterocycles. The molecule has 0 saturated carbocycles. The van der Waals surface area contributed by atoms with Gasteiger partial charge in [0.25, 0.3) is 0 Å².